The molecule has 96 valence electrons. The number of H-pyrrole nitrogens is 1. The molecule has 1 aromatic carbocycles. The van der Waals surface area contributed by atoms with E-state index in [2.05, 4.69) is 32.0 Å². The van der Waals surface area contributed by atoms with Gasteiger partial charge in [0.25, 0.3) is 0 Å². The number of benzene rings is 1. The lowest BCUT2D eigenvalue weighted by Crippen LogP contribution is -2.07. The van der Waals surface area contributed by atoms with Crippen molar-refractivity contribution >= 4 is 28.5 Å². The first kappa shape index (κ1) is 12.0. The Hall–Kier alpha value is -2.01. The molecule has 0 radical (unpaired) electrons. The van der Waals surface area contributed by atoms with Crippen LogP contribution in [0.25, 0.3) is 11.0 Å². The summed E-state index contributed by atoms with van der Waals surface area (Å²) in [4.78, 5) is 15.2. The highest BCUT2D eigenvalue weighted by Gasteiger charge is 2.06. The maximum atomic E-state index is 4.57. The number of rotatable bonds is 3. The van der Waals surface area contributed by atoms with Crippen LogP contribution in [0, 0.1) is 0 Å². The maximum Gasteiger partial charge on any atom is 0.171 e. The lowest BCUT2D eigenvalue weighted by atomic mass is 10.2. The first-order valence-electron chi connectivity index (χ1n) is 5.97. The number of anilines is 1. The van der Waals surface area contributed by atoms with Gasteiger partial charge in [0.15, 0.2) is 5.16 Å². The minimum atomic E-state index is 0.888. The number of aromatic nitrogens is 3. The number of hydrogen-bond acceptors (Lipinski definition) is 4. The van der Waals surface area contributed by atoms with Crippen LogP contribution in [-0.4, -0.2) is 29.0 Å². The fourth-order valence-corrected chi connectivity index (χ4v) is 2.61. The minimum Gasteiger partial charge on any atom is -0.378 e. The number of nitrogens with one attached hydrogen (secondary N) is 1. The Bertz CT molecular complexity index is 691. The predicted molar refractivity (Wildman–Crippen MR) is 78.8 cm³/mol. The molecule has 0 aliphatic heterocycles. The fourth-order valence-electron chi connectivity index (χ4n) is 1.82. The number of nitrogens with zero attached hydrogens (tertiary/aromatic N) is 3. The Morgan fingerprint density at radius 2 is 2.11 bits per heavy atom. The van der Waals surface area contributed by atoms with E-state index in [9.17, 15) is 0 Å². The molecular formula is C14H14N4S. The summed E-state index contributed by atoms with van der Waals surface area (Å²) in [5.74, 6) is 0. The van der Waals surface area contributed by atoms with Crippen LogP contribution >= 0.6 is 11.8 Å². The molecule has 2 heterocycles. The predicted octanol–water partition coefficient (Wildman–Crippen LogP) is 3.18. The molecule has 3 aromatic rings. The van der Waals surface area contributed by atoms with Crippen molar-refractivity contribution < 1.29 is 0 Å². The van der Waals surface area contributed by atoms with E-state index < -0.39 is 0 Å². The summed E-state index contributed by atoms with van der Waals surface area (Å²) in [5, 5.41) is 0.888. The Labute approximate surface area is 115 Å². The van der Waals surface area contributed by atoms with E-state index in [-0.39, 0.29) is 0 Å². The van der Waals surface area contributed by atoms with Crippen molar-refractivity contribution in [3.05, 3.63) is 42.7 Å². The smallest absolute Gasteiger partial charge is 0.171 e. The summed E-state index contributed by atoms with van der Waals surface area (Å²) in [6, 6.07) is 10.2. The van der Waals surface area contributed by atoms with Gasteiger partial charge in [0.2, 0.25) is 0 Å². The van der Waals surface area contributed by atoms with Crippen LogP contribution in [0.5, 0.6) is 0 Å². The highest BCUT2D eigenvalue weighted by atomic mass is 32.2. The van der Waals surface area contributed by atoms with Crippen LogP contribution < -0.4 is 4.90 Å². The molecule has 0 amide bonds. The molecule has 0 unspecified atom stereocenters. The highest BCUT2D eigenvalue weighted by molar-refractivity contribution is 7.99. The molecule has 0 spiro atoms. The monoisotopic (exact) mass is 270 g/mol. The van der Waals surface area contributed by atoms with Gasteiger partial charge < -0.3 is 9.88 Å². The van der Waals surface area contributed by atoms with E-state index in [1.165, 1.54) is 0 Å². The van der Waals surface area contributed by atoms with Crippen molar-refractivity contribution in [2.75, 3.05) is 19.0 Å². The molecule has 0 saturated carbocycles. The SMILES string of the molecule is CN(C)c1ccc2nc(Sc3cccnc3)[nH]c2c1. The molecule has 0 aliphatic carbocycles. The zero-order chi connectivity index (χ0) is 13.2. The minimum absolute atomic E-state index is 0.888. The Morgan fingerprint density at radius 1 is 1.21 bits per heavy atom. The van der Waals surface area contributed by atoms with Crippen LogP contribution in [0.1, 0.15) is 0 Å². The van der Waals surface area contributed by atoms with Gasteiger partial charge in [-0.3, -0.25) is 4.98 Å². The van der Waals surface area contributed by atoms with Crippen LogP contribution in [0.15, 0.2) is 52.8 Å². The van der Waals surface area contributed by atoms with Crippen LogP contribution in [-0.2, 0) is 0 Å². The number of aromatic amines is 1. The number of imidazole rings is 1. The number of hydrogen-bond donors (Lipinski definition) is 1. The van der Waals surface area contributed by atoms with Gasteiger partial charge in [0.05, 0.1) is 11.0 Å². The summed E-state index contributed by atoms with van der Waals surface area (Å²) in [6.45, 7) is 0. The topological polar surface area (TPSA) is 44.8 Å². The van der Waals surface area contributed by atoms with Gasteiger partial charge in [-0.2, -0.15) is 0 Å². The summed E-state index contributed by atoms with van der Waals surface area (Å²) in [7, 11) is 4.06. The molecule has 0 aliphatic rings. The summed E-state index contributed by atoms with van der Waals surface area (Å²) < 4.78 is 0. The normalized spacial score (nSPS) is 10.8. The zero-order valence-corrected chi connectivity index (χ0v) is 11.6. The molecule has 0 fully saturated rings. The van der Waals surface area contributed by atoms with E-state index in [1.807, 2.05) is 38.5 Å². The Kier molecular flexibility index (Phi) is 3.13. The average Bonchev–Trinajstić information content (AvgIpc) is 2.80. The van der Waals surface area contributed by atoms with Gasteiger partial charge in [-0.15, -0.1) is 0 Å². The van der Waals surface area contributed by atoms with Gasteiger partial charge in [-0.25, -0.2) is 4.98 Å². The van der Waals surface area contributed by atoms with E-state index >= 15 is 0 Å². The molecular weight excluding hydrogens is 256 g/mol. The number of pyridine rings is 1. The first-order valence-corrected chi connectivity index (χ1v) is 6.79. The third-order valence-corrected chi connectivity index (χ3v) is 3.67. The van der Waals surface area contributed by atoms with Crippen molar-refractivity contribution in [3.8, 4) is 0 Å². The lowest BCUT2D eigenvalue weighted by Gasteiger charge is -2.11. The largest absolute Gasteiger partial charge is 0.378 e. The third kappa shape index (κ3) is 2.56. The van der Waals surface area contributed by atoms with Gasteiger partial charge in [-0.1, -0.05) is 11.8 Å². The van der Waals surface area contributed by atoms with Crippen molar-refractivity contribution in [1.82, 2.24) is 15.0 Å². The standard InChI is InChI=1S/C14H14N4S/c1-18(2)10-5-6-12-13(8-10)17-14(16-12)19-11-4-3-7-15-9-11/h3-9H,1-2H3,(H,16,17). The molecule has 4 nitrogen and oxygen atoms in total. The second-order valence-electron chi connectivity index (χ2n) is 4.43. The lowest BCUT2D eigenvalue weighted by molar-refractivity contribution is 1.08. The van der Waals surface area contributed by atoms with E-state index in [1.54, 1.807) is 18.0 Å². The molecule has 5 heteroatoms. The number of fused-ring (bicyclic) bond motifs is 1. The molecule has 0 bridgehead atoms. The van der Waals surface area contributed by atoms with E-state index in [0.29, 0.717) is 0 Å². The van der Waals surface area contributed by atoms with Gasteiger partial charge in [0, 0.05) is 37.1 Å². The van der Waals surface area contributed by atoms with Gasteiger partial charge in [-0.05, 0) is 30.3 Å². The van der Waals surface area contributed by atoms with E-state index in [4.69, 9.17) is 0 Å². The van der Waals surface area contributed by atoms with Gasteiger partial charge >= 0.3 is 0 Å². The van der Waals surface area contributed by atoms with Crippen LogP contribution in [0.4, 0.5) is 5.69 Å². The third-order valence-electron chi connectivity index (χ3n) is 2.81. The second-order valence-corrected chi connectivity index (χ2v) is 5.49. The Morgan fingerprint density at radius 3 is 2.84 bits per heavy atom. The van der Waals surface area contributed by atoms with E-state index in [0.717, 1.165) is 26.8 Å². The molecule has 0 atom stereocenters. The first-order chi connectivity index (χ1) is 9.22. The summed E-state index contributed by atoms with van der Waals surface area (Å²) in [6.07, 6.45) is 3.61. The summed E-state index contributed by atoms with van der Waals surface area (Å²) in [5.41, 5.74) is 3.20. The second kappa shape index (κ2) is 4.93. The van der Waals surface area contributed by atoms with Crippen molar-refractivity contribution in [2.45, 2.75) is 10.1 Å². The van der Waals surface area contributed by atoms with Crippen molar-refractivity contribution in [1.29, 1.82) is 0 Å². The molecule has 1 N–H and O–H groups in total. The van der Waals surface area contributed by atoms with Crippen molar-refractivity contribution in [3.63, 3.8) is 0 Å². The Balaban J connectivity index is 1.93. The van der Waals surface area contributed by atoms with Crippen molar-refractivity contribution in [2.24, 2.45) is 0 Å². The van der Waals surface area contributed by atoms with Crippen LogP contribution in [0.3, 0.4) is 0 Å². The molecule has 0 saturated heterocycles. The average molecular weight is 270 g/mol. The summed E-state index contributed by atoms with van der Waals surface area (Å²) >= 11 is 1.58. The fraction of sp³-hybridized carbons (Fsp3) is 0.143. The highest BCUT2D eigenvalue weighted by Crippen LogP contribution is 2.27. The zero-order valence-electron chi connectivity index (χ0n) is 10.8. The molecule has 2 aromatic heterocycles. The van der Waals surface area contributed by atoms with Crippen LogP contribution in [0.2, 0.25) is 0 Å². The maximum absolute atomic E-state index is 4.57. The molecule has 19 heavy (non-hydrogen) atoms. The van der Waals surface area contributed by atoms with Gasteiger partial charge in [0.1, 0.15) is 0 Å². The quantitative estimate of drug-likeness (QED) is 0.794. The molecule has 3 rings (SSSR count).